The Balaban J connectivity index is 1.96. The van der Waals surface area contributed by atoms with Gasteiger partial charge in [0.25, 0.3) is 5.91 Å². The summed E-state index contributed by atoms with van der Waals surface area (Å²) in [4.78, 5) is 29.4. The van der Waals surface area contributed by atoms with E-state index in [2.05, 4.69) is 15.6 Å². The van der Waals surface area contributed by atoms with Gasteiger partial charge in [0.15, 0.2) is 4.34 Å². The molecule has 0 aliphatic rings. The summed E-state index contributed by atoms with van der Waals surface area (Å²) in [7, 11) is 4.59. The molecule has 0 atom stereocenters. The van der Waals surface area contributed by atoms with Gasteiger partial charge in [-0.05, 0) is 12.1 Å². The number of nitrogens with one attached hydrogen (secondary N) is 2. The van der Waals surface area contributed by atoms with Gasteiger partial charge in [-0.2, -0.15) is 0 Å². The van der Waals surface area contributed by atoms with Crippen molar-refractivity contribution in [3.05, 3.63) is 54.1 Å². The molecule has 2 N–H and O–H groups in total. The van der Waals surface area contributed by atoms with Crippen LogP contribution in [0.4, 0.5) is 5.00 Å². The van der Waals surface area contributed by atoms with Crippen LogP contribution in [0.2, 0.25) is 0 Å². The number of ether oxygens (including phenoxy) is 2. The number of hydrogen-bond donors (Lipinski definition) is 2. The predicted molar refractivity (Wildman–Crippen MR) is 120 cm³/mol. The number of anilines is 1. The molecular weight excluding hydrogens is 422 g/mol. The second-order valence-corrected chi connectivity index (χ2v) is 8.20. The van der Waals surface area contributed by atoms with Crippen molar-refractivity contribution in [2.75, 3.05) is 32.3 Å². The maximum Gasteiger partial charge on any atom is 0.263 e. The lowest BCUT2D eigenvalue weighted by atomic mass is 10.1. The molecule has 2 amide bonds. The Morgan fingerprint density at radius 1 is 1.03 bits per heavy atom. The number of amides is 2. The third kappa shape index (κ3) is 4.92. The molecule has 0 aliphatic carbocycles. The van der Waals surface area contributed by atoms with Gasteiger partial charge in [-0.15, -0.1) is 0 Å². The number of carbonyl (C=O) groups is 2. The maximum atomic E-state index is 13.1. The molecule has 0 unspecified atom stereocenters. The first kappa shape index (κ1) is 21.7. The van der Waals surface area contributed by atoms with Gasteiger partial charge >= 0.3 is 0 Å². The number of rotatable bonds is 8. The topological polar surface area (TPSA) is 89.6 Å². The van der Waals surface area contributed by atoms with E-state index < -0.39 is 0 Å². The van der Waals surface area contributed by atoms with Crippen LogP contribution in [-0.4, -0.2) is 43.8 Å². The zero-order chi connectivity index (χ0) is 21.5. The quantitative estimate of drug-likeness (QED) is 0.513. The second kappa shape index (κ2) is 10.1. The predicted octanol–water partition coefficient (Wildman–Crippen LogP) is 3.92. The first-order valence-electron chi connectivity index (χ1n) is 8.99. The molecule has 3 aromatic rings. The molecule has 0 saturated carbocycles. The SMILES string of the molecule is CNC(=O)CSc1nc(-c2ccccc2)c(NC(=O)c2c(OC)cccc2OC)s1. The van der Waals surface area contributed by atoms with Crippen LogP contribution in [0.15, 0.2) is 52.9 Å². The van der Waals surface area contributed by atoms with Gasteiger partial charge in [-0.25, -0.2) is 4.98 Å². The normalized spacial score (nSPS) is 10.4. The van der Waals surface area contributed by atoms with Crippen molar-refractivity contribution in [3.63, 3.8) is 0 Å². The van der Waals surface area contributed by atoms with Crippen LogP contribution in [0.25, 0.3) is 11.3 Å². The highest BCUT2D eigenvalue weighted by Crippen LogP contribution is 2.38. The average molecular weight is 444 g/mol. The van der Waals surface area contributed by atoms with E-state index in [0.29, 0.717) is 32.1 Å². The molecule has 0 fully saturated rings. The first-order valence-corrected chi connectivity index (χ1v) is 10.8. The van der Waals surface area contributed by atoms with Crippen molar-refractivity contribution in [1.82, 2.24) is 10.3 Å². The number of methoxy groups -OCH3 is 2. The lowest BCUT2D eigenvalue weighted by Crippen LogP contribution is -2.19. The summed E-state index contributed by atoms with van der Waals surface area (Å²) in [5.41, 5.74) is 1.81. The Morgan fingerprint density at radius 2 is 1.70 bits per heavy atom. The maximum absolute atomic E-state index is 13.1. The van der Waals surface area contributed by atoms with Crippen molar-refractivity contribution < 1.29 is 19.1 Å². The third-order valence-corrected chi connectivity index (χ3v) is 6.26. The van der Waals surface area contributed by atoms with E-state index in [1.807, 2.05) is 30.3 Å². The zero-order valence-electron chi connectivity index (χ0n) is 16.7. The number of aromatic nitrogens is 1. The van der Waals surface area contributed by atoms with E-state index in [0.717, 1.165) is 5.56 Å². The number of thiazole rings is 1. The van der Waals surface area contributed by atoms with E-state index >= 15 is 0 Å². The number of thioether (sulfide) groups is 1. The molecule has 0 spiro atoms. The molecule has 1 aromatic heterocycles. The first-order chi connectivity index (χ1) is 14.6. The van der Waals surface area contributed by atoms with Crippen molar-refractivity contribution in [2.24, 2.45) is 0 Å². The lowest BCUT2D eigenvalue weighted by Gasteiger charge is -2.12. The summed E-state index contributed by atoms with van der Waals surface area (Å²) in [5, 5.41) is 6.11. The molecule has 0 radical (unpaired) electrons. The average Bonchev–Trinajstić information content (AvgIpc) is 3.19. The molecule has 0 saturated heterocycles. The molecular formula is C21H21N3O4S2. The van der Waals surface area contributed by atoms with Crippen LogP contribution in [0.5, 0.6) is 11.5 Å². The number of hydrogen-bond acceptors (Lipinski definition) is 7. The van der Waals surface area contributed by atoms with Gasteiger partial charge in [0.1, 0.15) is 27.8 Å². The van der Waals surface area contributed by atoms with E-state index in [4.69, 9.17) is 9.47 Å². The summed E-state index contributed by atoms with van der Waals surface area (Å²) in [5.74, 6) is 0.596. The molecule has 0 bridgehead atoms. The Labute approximate surface area is 182 Å². The van der Waals surface area contributed by atoms with E-state index in [-0.39, 0.29) is 17.6 Å². The third-order valence-electron chi connectivity index (χ3n) is 4.14. The van der Waals surface area contributed by atoms with Crippen LogP contribution < -0.4 is 20.1 Å². The van der Waals surface area contributed by atoms with Gasteiger partial charge in [0, 0.05) is 12.6 Å². The summed E-state index contributed by atoms with van der Waals surface area (Å²) in [6.07, 6.45) is 0. The highest BCUT2D eigenvalue weighted by atomic mass is 32.2. The molecule has 1 heterocycles. The van der Waals surface area contributed by atoms with Crippen LogP contribution >= 0.6 is 23.1 Å². The van der Waals surface area contributed by atoms with Crippen molar-refractivity contribution in [2.45, 2.75) is 4.34 Å². The lowest BCUT2D eigenvalue weighted by molar-refractivity contribution is -0.118. The van der Waals surface area contributed by atoms with Crippen molar-refractivity contribution in [1.29, 1.82) is 0 Å². The fourth-order valence-electron chi connectivity index (χ4n) is 2.68. The Bertz CT molecular complexity index is 1020. The molecule has 30 heavy (non-hydrogen) atoms. The van der Waals surface area contributed by atoms with E-state index in [9.17, 15) is 9.59 Å². The Morgan fingerprint density at radius 3 is 2.30 bits per heavy atom. The molecule has 3 rings (SSSR count). The van der Waals surface area contributed by atoms with Crippen molar-refractivity contribution >= 4 is 39.9 Å². The standard InChI is InChI=1S/C21H21N3O4S2/c1-22-16(25)12-29-21-23-18(13-8-5-4-6-9-13)20(30-21)24-19(26)17-14(27-2)10-7-11-15(17)28-3/h4-11H,12H2,1-3H3,(H,22,25)(H,24,26). The minimum Gasteiger partial charge on any atom is -0.496 e. The zero-order valence-corrected chi connectivity index (χ0v) is 18.4. The smallest absolute Gasteiger partial charge is 0.263 e. The van der Waals surface area contributed by atoms with E-state index in [1.54, 1.807) is 25.2 Å². The number of benzene rings is 2. The second-order valence-electron chi connectivity index (χ2n) is 5.98. The summed E-state index contributed by atoms with van der Waals surface area (Å²) < 4.78 is 11.4. The fourth-order valence-corrected chi connectivity index (χ4v) is 4.61. The van der Waals surface area contributed by atoms with Crippen LogP contribution in [-0.2, 0) is 4.79 Å². The number of carbonyl (C=O) groups excluding carboxylic acids is 2. The molecule has 156 valence electrons. The van der Waals surface area contributed by atoms with E-state index in [1.165, 1.54) is 37.3 Å². The molecule has 2 aromatic carbocycles. The Hall–Kier alpha value is -3.04. The van der Waals surface area contributed by atoms with Gasteiger partial charge in [0.2, 0.25) is 5.91 Å². The molecule has 7 nitrogen and oxygen atoms in total. The Kier molecular flexibility index (Phi) is 7.31. The summed E-state index contributed by atoms with van der Waals surface area (Å²) in [6, 6.07) is 14.7. The fraction of sp³-hybridized carbons (Fsp3) is 0.190. The minimum absolute atomic E-state index is 0.0965. The van der Waals surface area contributed by atoms with Crippen LogP contribution in [0.3, 0.4) is 0 Å². The van der Waals surface area contributed by atoms with Gasteiger partial charge in [-0.1, -0.05) is 59.5 Å². The summed E-state index contributed by atoms with van der Waals surface area (Å²) in [6.45, 7) is 0. The van der Waals surface area contributed by atoms with Gasteiger partial charge in [-0.3, -0.25) is 9.59 Å². The van der Waals surface area contributed by atoms with Crippen LogP contribution in [0.1, 0.15) is 10.4 Å². The highest BCUT2D eigenvalue weighted by molar-refractivity contribution is 8.01. The van der Waals surface area contributed by atoms with Crippen molar-refractivity contribution in [3.8, 4) is 22.8 Å². The minimum atomic E-state index is -0.368. The molecule has 9 heteroatoms. The monoisotopic (exact) mass is 443 g/mol. The molecule has 0 aliphatic heterocycles. The van der Waals surface area contributed by atoms with Gasteiger partial charge in [0.05, 0.1) is 20.0 Å². The van der Waals surface area contributed by atoms with Gasteiger partial charge < -0.3 is 20.1 Å². The van der Waals surface area contributed by atoms with Crippen LogP contribution in [0, 0.1) is 0 Å². The number of nitrogens with zero attached hydrogens (tertiary/aromatic N) is 1. The highest BCUT2D eigenvalue weighted by Gasteiger charge is 2.22. The largest absolute Gasteiger partial charge is 0.496 e. The summed E-state index contributed by atoms with van der Waals surface area (Å²) >= 11 is 2.63.